The summed E-state index contributed by atoms with van der Waals surface area (Å²) in [7, 11) is 2.54. The van der Waals surface area contributed by atoms with E-state index in [1.165, 1.54) is 14.2 Å². The molecule has 2 fully saturated rings. The van der Waals surface area contributed by atoms with Gasteiger partial charge in [0.15, 0.2) is 5.78 Å². The molecule has 0 bridgehead atoms. The zero-order valence-corrected chi connectivity index (χ0v) is 34.1. The number of aromatic amines is 2. The number of ether oxygens (including phenoxy) is 2. The van der Waals surface area contributed by atoms with Crippen molar-refractivity contribution in [2.45, 2.75) is 56.3 Å². The molecule has 5 heterocycles. The maximum atomic E-state index is 14.4. The summed E-state index contributed by atoms with van der Waals surface area (Å²) in [5, 5.41) is 8.85. The van der Waals surface area contributed by atoms with E-state index in [4.69, 9.17) is 19.4 Å². The van der Waals surface area contributed by atoms with Gasteiger partial charge in [-0.3, -0.25) is 19.9 Å². The van der Waals surface area contributed by atoms with Crippen molar-refractivity contribution in [2.75, 3.05) is 27.3 Å². The molecule has 5 N–H and O–H groups in total. The van der Waals surface area contributed by atoms with Crippen LogP contribution in [0.4, 0.5) is 9.59 Å². The lowest BCUT2D eigenvalue weighted by atomic mass is 9.84. The number of alkyl carbamates (subject to hydrolysis) is 2. The fourth-order valence-corrected chi connectivity index (χ4v) is 8.40. The van der Waals surface area contributed by atoms with E-state index in [1.54, 1.807) is 23.5 Å². The van der Waals surface area contributed by atoms with Crippen molar-refractivity contribution in [3.05, 3.63) is 138 Å². The highest BCUT2D eigenvalue weighted by Gasteiger charge is 2.48. The number of Topliss-reactive ketones (excluding diaryl/α,β-unsaturated/α-hetero) is 1. The minimum absolute atomic E-state index is 0.229. The Morgan fingerprint density at radius 1 is 0.754 bits per heavy atom. The van der Waals surface area contributed by atoms with Crippen LogP contribution >= 0.6 is 0 Å². The van der Waals surface area contributed by atoms with Crippen molar-refractivity contribution in [3.63, 3.8) is 0 Å². The molecule has 0 aliphatic carbocycles. The Bertz CT molecular complexity index is 2520. The summed E-state index contributed by atoms with van der Waals surface area (Å²) in [6.07, 6.45) is 6.70. The Hall–Kier alpha value is -7.13. The number of H-pyrrole nitrogens is 2. The van der Waals surface area contributed by atoms with Gasteiger partial charge in [0.25, 0.3) is 5.91 Å². The number of pyridine rings is 1. The third-order valence-corrected chi connectivity index (χ3v) is 11.6. The zero-order valence-electron chi connectivity index (χ0n) is 34.1. The van der Waals surface area contributed by atoms with E-state index in [1.807, 2.05) is 91.9 Å². The van der Waals surface area contributed by atoms with Crippen LogP contribution in [0.3, 0.4) is 0 Å². The molecule has 6 aromatic rings. The van der Waals surface area contributed by atoms with Crippen LogP contribution in [0.1, 0.15) is 72.1 Å². The predicted octanol–water partition coefficient (Wildman–Crippen LogP) is 6.84. The number of hydrogen-bond donors (Lipinski definition) is 5. The average molecular weight is 822 g/mol. The summed E-state index contributed by atoms with van der Waals surface area (Å²) in [5.41, 5.74) is 6.17. The largest absolute Gasteiger partial charge is 0.453 e. The Balaban J connectivity index is 0.979. The molecule has 3 aromatic heterocycles. The SMILES string of the molecule is COC(=O)N[C@@H](C(=O)N1CCC[C@H]1c1ncc(-c2ccc(-c3ccc(-c4cnc([C@]5(C(=O)[C@H](NC(=O)OC)c6ccccc6)CCCN5)[nH]4)cc3C)nc2)[nH]1)c1ccccc1. The fraction of sp³-hybridized carbons (Fsp3) is 0.283. The number of nitrogens with one attached hydrogen (secondary N) is 5. The minimum Gasteiger partial charge on any atom is -0.453 e. The van der Waals surface area contributed by atoms with E-state index in [0.717, 1.165) is 58.6 Å². The van der Waals surface area contributed by atoms with Crippen molar-refractivity contribution >= 4 is 23.9 Å². The number of methoxy groups -OCH3 is 2. The van der Waals surface area contributed by atoms with Gasteiger partial charge in [0.05, 0.1) is 49.7 Å². The van der Waals surface area contributed by atoms with Gasteiger partial charge in [-0.25, -0.2) is 19.6 Å². The third-order valence-electron chi connectivity index (χ3n) is 11.6. The molecular formula is C46H47N9O6. The summed E-state index contributed by atoms with van der Waals surface area (Å²) in [4.78, 5) is 75.8. The number of nitrogens with zero attached hydrogens (tertiary/aromatic N) is 4. The van der Waals surface area contributed by atoms with E-state index in [0.29, 0.717) is 42.3 Å². The highest BCUT2D eigenvalue weighted by Crippen LogP contribution is 2.38. The first-order valence-corrected chi connectivity index (χ1v) is 20.3. The zero-order chi connectivity index (χ0) is 42.5. The van der Waals surface area contributed by atoms with Crippen LogP contribution in [0.2, 0.25) is 0 Å². The standard InChI is InChI=1S/C46H47N9O6/c1-28-24-31(35-27-49-43(52-35)46(21-11-22-50-46)40(56)38(53-44(58)60-2)29-12-6-4-7-13-29)17-19-33(28)34-20-18-32(25-47-34)36-26-48-41(51-36)37-16-10-23-55(37)42(57)39(54-45(59)61-3)30-14-8-5-9-15-30/h4-9,12-15,17-20,24-27,37-39,50H,10-11,16,21-23H2,1-3H3,(H,48,51)(H,49,52)(H,53,58)(H,54,59)/t37-,38+,39+,46+/m0/s1. The number of imidazole rings is 2. The van der Waals surface area contributed by atoms with Crippen LogP contribution in [-0.2, 0) is 24.6 Å². The maximum absolute atomic E-state index is 14.4. The number of carbonyl (C=O) groups excluding carboxylic acids is 4. The van der Waals surface area contributed by atoms with Gasteiger partial charge >= 0.3 is 12.2 Å². The molecule has 2 aliphatic rings. The molecule has 2 saturated heterocycles. The Labute approximate surface area is 352 Å². The quantitative estimate of drug-likeness (QED) is 0.0872. The third kappa shape index (κ3) is 8.24. The van der Waals surface area contributed by atoms with Crippen LogP contribution in [0, 0.1) is 6.92 Å². The monoisotopic (exact) mass is 821 g/mol. The molecule has 15 nitrogen and oxygen atoms in total. The van der Waals surface area contributed by atoms with E-state index >= 15 is 0 Å². The molecule has 3 aromatic carbocycles. The van der Waals surface area contributed by atoms with E-state index in [2.05, 4.69) is 37.0 Å². The summed E-state index contributed by atoms with van der Waals surface area (Å²) in [5.74, 6) is 0.686. The number of benzene rings is 3. The van der Waals surface area contributed by atoms with Crippen LogP contribution in [0.5, 0.6) is 0 Å². The van der Waals surface area contributed by atoms with Gasteiger partial charge in [0, 0.05) is 23.9 Å². The highest BCUT2D eigenvalue weighted by atomic mass is 16.5. The van der Waals surface area contributed by atoms with Gasteiger partial charge in [-0.15, -0.1) is 0 Å². The van der Waals surface area contributed by atoms with Crippen LogP contribution in [0.15, 0.2) is 110 Å². The Morgan fingerprint density at radius 3 is 2.05 bits per heavy atom. The molecule has 61 heavy (non-hydrogen) atoms. The number of aromatic nitrogens is 5. The second kappa shape index (κ2) is 17.6. The molecule has 0 radical (unpaired) electrons. The predicted molar refractivity (Wildman–Crippen MR) is 227 cm³/mol. The van der Waals surface area contributed by atoms with Gasteiger partial charge in [0.2, 0.25) is 0 Å². The lowest BCUT2D eigenvalue weighted by Gasteiger charge is -2.30. The molecule has 4 atom stereocenters. The van der Waals surface area contributed by atoms with Crippen LogP contribution in [0.25, 0.3) is 33.8 Å². The van der Waals surface area contributed by atoms with Gasteiger partial charge < -0.3 is 35.0 Å². The van der Waals surface area contributed by atoms with E-state index < -0.39 is 29.8 Å². The van der Waals surface area contributed by atoms with E-state index in [9.17, 15) is 19.2 Å². The lowest BCUT2D eigenvalue weighted by Crippen LogP contribution is -2.51. The van der Waals surface area contributed by atoms with Crippen molar-refractivity contribution in [2.24, 2.45) is 0 Å². The summed E-state index contributed by atoms with van der Waals surface area (Å²) in [6, 6.07) is 26.1. The number of carbonyl (C=O) groups is 4. The first kappa shape index (κ1) is 40.6. The Kier molecular flexibility index (Phi) is 11.7. The first-order valence-electron chi connectivity index (χ1n) is 20.3. The van der Waals surface area contributed by atoms with Crippen LogP contribution < -0.4 is 16.0 Å². The summed E-state index contributed by atoms with van der Waals surface area (Å²) >= 11 is 0. The topological polar surface area (TPSA) is 196 Å². The smallest absolute Gasteiger partial charge is 0.407 e. The van der Waals surface area contributed by atoms with Crippen molar-refractivity contribution < 1.29 is 28.7 Å². The molecule has 0 unspecified atom stereocenters. The number of amides is 3. The molecule has 0 spiro atoms. The summed E-state index contributed by atoms with van der Waals surface area (Å²) < 4.78 is 9.70. The van der Waals surface area contributed by atoms with Gasteiger partial charge in [-0.2, -0.15) is 0 Å². The molecular weight excluding hydrogens is 775 g/mol. The van der Waals surface area contributed by atoms with Crippen molar-refractivity contribution in [1.82, 2.24) is 45.8 Å². The maximum Gasteiger partial charge on any atom is 0.407 e. The molecule has 0 saturated carbocycles. The normalized spacial score (nSPS) is 18.3. The van der Waals surface area contributed by atoms with E-state index in [-0.39, 0.29) is 17.7 Å². The second-order valence-electron chi connectivity index (χ2n) is 15.2. The molecule has 3 amide bonds. The lowest BCUT2D eigenvalue weighted by molar-refractivity contribution is -0.134. The fourth-order valence-electron chi connectivity index (χ4n) is 8.40. The molecule has 2 aliphatic heterocycles. The second-order valence-corrected chi connectivity index (χ2v) is 15.2. The number of ketones is 1. The number of hydrogen-bond acceptors (Lipinski definition) is 10. The number of likely N-dealkylation sites (tertiary alicyclic amines) is 1. The number of aryl methyl sites for hydroxylation is 1. The first-order chi connectivity index (χ1) is 29.7. The minimum atomic E-state index is -1.14. The van der Waals surface area contributed by atoms with Crippen molar-refractivity contribution in [1.29, 1.82) is 0 Å². The summed E-state index contributed by atoms with van der Waals surface area (Å²) in [6.45, 7) is 3.18. The highest BCUT2D eigenvalue weighted by molar-refractivity contribution is 5.96. The Morgan fingerprint density at radius 2 is 1.41 bits per heavy atom. The average Bonchev–Trinajstić information content (AvgIpc) is 4.15. The van der Waals surface area contributed by atoms with Gasteiger partial charge in [-0.1, -0.05) is 72.8 Å². The molecule has 312 valence electrons. The van der Waals surface area contributed by atoms with Crippen molar-refractivity contribution in [3.8, 4) is 33.8 Å². The molecule has 15 heteroatoms. The molecule has 8 rings (SSSR count). The van der Waals surface area contributed by atoms with Gasteiger partial charge in [0.1, 0.15) is 29.3 Å². The van der Waals surface area contributed by atoms with Crippen LogP contribution in [-0.4, -0.2) is 81.0 Å². The van der Waals surface area contributed by atoms with Gasteiger partial charge in [-0.05, 0) is 79.6 Å². The number of rotatable bonds is 12.